The Balaban J connectivity index is 1.53. The van der Waals surface area contributed by atoms with Gasteiger partial charge in [-0.05, 0) is 50.9 Å². The van der Waals surface area contributed by atoms with E-state index in [9.17, 15) is 14.7 Å². The first kappa shape index (κ1) is 17.6. The van der Waals surface area contributed by atoms with Crippen LogP contribution in [0.5, 0.6) is 0 Å². The van der Waals surface area contributed by atoms with E-state index in [-0.39, 0.29) is 17.2 Å². The maximum atomic E-state index is 11.9. The molecule has 1 aliphatic heterocycles. The van der Waals surface area contributed by atoms with Crippen LogP contribution in [0, 0.1) is 12.8 Å². The van der Waals surface area contributed by atoms with E-state index < -0.39 is 6.10 Å². The first-order chi connectivity index (χ1) is 12.0. The van der Waals surface area contributed by atoms with Crippen LogP contribution in [-0.2, 0) is 6.54 Å². The van der Waals surface area contributed by atoms with Gasteiger partial charge in [0.1, 0.15) is 0 Å². The zero-order chi connectivity index (χ0) is 17.8. The predicted molar refractivity (Wildman–Crippen MR) is 94.4 cm³/mol. The molecule has 7 heteroatoms. The molecule has 0 radical (unpaired) electrons. The highest BCUT2D eigenvalue weighted by Crippen LogP contribution is 2.29. The lowest BCUT2D eigenvalue weighted by Gasteiger charge is -2.34. The molecule has 0 bridgehead atoms. The second-order valence-corrected chi connectivity index (χ2v) is 6.63. The molecule has 0 unspecified atom stereocenters. The molecule has 0 aromatic carbocycles. The van der Waals surface area contributed by atoms with Crippen LogP contribution in [0.25, 0.3) is 0 Å². The molecule has 1 fully saturated rings. The van der Waals surface area contributed by atoms with Gasteiger partial charge in [-0.1, -0.05) is 6.07 Å². The number of pyridine rings is 1. The fourth-order valence-corrected chi connectivity index (χ4v) is 3.37. The van der Waals surface area contributed by atoms with E-state index >= 15 is 0 Å². The van der Waals surface area contributed by atoms with E-state index in [1.807, 2.05) is 18.2 Å². The van der Waals surface area contributed by atoms with Crippen molar-refractivity contribution < 1.29 is 5.11 Å². The number of aromatic nitrogens is 3. The zero-order valence-corrected chi connectivity index (χ0v) is 14.4. The number of hydrogen-bond acceptors (Lipinski definition) is 5. The lowest BCUT2D eigenvalue weighted by Crippen LogP contribution is -2.42. The van der Waals surface area contributed by atoms with E-state index in [0.29, 0.717) is 18.8 Å². The van der Waals surface area contributed by atoms with Gasteiger partial charge in [-0.2, -0.15) is 0 Å². The lowest BCUT2D eigenvalue weighted by molar-refractivity contribution is 0.0550. The second kappa shape index (κ2) is 7.76. The summed E-state index contributed by atoms with van der Waals surface area (Å²) in [5, 5.41) is 10.5. The average molecular weight is 344 g/mol. The number of nitrogens with one attached hydrogen (secondary N) is 1. The van der Waals surface area contributed by atoms with E-state index in [1.54, 1.807) is 13.1 Å². The van der Waals surface area contributed by atoms with E-state index in [2.05, 4.69) is 14.9 Å². The van der Waals surface area contributed by atoms with Crippen molar-refractivity contribution in [1.82, 2.24) is 19.4 Å². The number of rotatable bonds is 5. The largest absolute Gasteiger partial charge is 0.387 e. The predicted octanol–water partition coefficient (Wildman–Crippen LogP) is 0.686. The lowest BCUT2D eigenvalue weighted by atomic mass is 9.89. The van der Waals surface area contributed by atoms with Gasteiger partial charge < -0.3 is 15.0 Å². The van der Waals surface area contributed by atoms with Crippen molar-refractivity contribution in [2.45, 2.75) is 32.4 Å². The summed E-state index contributed by atoms with van der Waals surface area (Å²) in [6.07, 6.45) is 2.91. The van der Waals surface area contributed by atoms with Crippen LogP contribution in [0.2, 0.25) is 0 Å². The molecule has 2 aromatic heterocycles. The minimum Gasteiger partial charge on any atom is -0.387 e. The fraction of sp³-hybridized carbons (Fsp3) is 0.500. The van der Waals surface area contributed by atoms with Gasteiger partial charge >= 0.3 is 5.69 Å². The molecule has 134 valence electrons. The zero-order valence-electron chi connectivity index (χ0n) is 14.4. The normalized spacial score (nSPS) is 17.5. The van der Waals surface area contributed by atoms with Crippen molar-refractivity contribution in [1.29, 1.82) is 0 Å². The molecule has 0 amide bonds. The minimum absolute atomic E-state index is 0.191. The summed E-state index contributed by atoms with van der Waals surface area (Å²) in [5.74, 6) is 0.191. The SMILES string of the molecule is Cc1cc(=O)n(CCN2CCC([C@H](O)c3ccccn3)CC2)c(=O)[nH]1. The molecular weight excluding hydrogens is 320 g/mol. The first-order valence-electron chi connectivity index (χ1n) is 8.66. The molecule has 0 saturated carbocycles. The molecule has 0 spiro atoms. The number of likely N-dealkylation sites (tertiary alicyclic amines) is 1. The van der Waals surface area contributed by atoms with Gasteiger partial charge in [0, 0.05) is 31.0 Å². The molecule has 7 nitrogen and oxygen atoms in total. The molecule has 2 N–H and O–H groups in total. The number of H-pyrrole nitrogens is 1. The smallest absolute Gasteiger partial charge is 0.328 e. The van der Waals surface area contributed by atoms with Crippen LogP contribution in [0.4, 0.5) is 0 Å². The molecule has 0 aliphatic carbocycles. The minimum atomic E-state index is -0.536. The first-order valence-corrected chi connectivity index (χ1v) is 8.66. The van der Waals surface area contributed by atoms with Crippen LogP contribution in [-0.4, -0.2) is 44.2 Å². The molecular formula is C18H24N4O3. The Morgan fingerprint density at radius 1 is 1.28 bits per heavy atom. The summed E-state index contributed by atoms with van der Waals surface area (Å²) < 4.78 is 1.24. The number of aryl methyl sites for hydroxylation is 1. The molecule has 25 heavy (non-hydrogen) atoms. The fourth-order valence-electron chi connectivity index (χ4n) is 3.37. The summed E-state index contributed by atoms with van der Waals surface area (Å²) in [6.45, 7) is 4.41. The van der Waals surface area contributed by atoms with Crippen molar-refractivity contribution >= 4 is 0 Å². The van der Waals surface area contributed by atoms with Gasteiger partial charge in [0.2, 0.25) is 0 Å². The van der Waals surface area contributed by atoms with Crippen LogP contribution in [0.15, 0.2) is 40.1 Å². The third-order valence-corrected chi connectivity index (χ3v) is 4.86. The van der Waals surface area contributed by atoms with Crippen molar-refractivity contribution in [3.05, 3.63) is 62.7 Å². The summed E-state index contributed by atoms with van der Waals surface area (Å²) in [4.78, 5) is 32.9. The topological polar surface area (TPSA) is 91.2 Å². The quantitative estimate of drug-likeness (QED) is 0.833. The van der Waals surface area contributed by atoms with Crippen LogP contribution >= 0.6 is 0 Å². The van der Waals surface area contributed by atoms with Gasteiger partial charge in [-0.3, -0.25) is 14.3 Å². The summed E-state index contributed by atoms with van der Waals surface area (Å²) in [6, 6.07) is 7.02. The third kappa shape index (κ3) is 4.24. The Bertz CT molecular complexity index is 776. The number of hydrogen-bond donors (Lipinski definition) is 2. The number of aromatic amines is 1. The Kier molecular flexibility index (Phi) is 5.45. The van der Waals surface area contributed by atoms with E-state index in [4.69, 9.17) is 0 Å². The van der Waals surface area contributed by atoms with E-state index in [0.717, 1.165) is 31.6 Å². The number of aliphatic hydroxyl groups excluding tert-OH is 1. The molecule has 2 aromatic rings. The number of nitrogens with zero attached hydrogens (tertiary/aromatic N) is 3. The highest BCUT2D eigenvalue weighted by Gasteiger charge is 2.26. The van der Waals surface area contributed by atoms with Crippen LogP contribution in [0.3, 0.4) is 0 Å². The van der Waals surface area contributed by atoms with Crippen LogP contribution in [0.1, 0.15) is 30.3 Å². The van der Waals surface area contributed by atoms with Gasteiger partial charge in [0.05, 0.1) is 11.8 Å². The average Bonchev–Trinajstić information content (AvgIpc) is 2.61. The maximum Gasteiger partial charge on any atom is 0.328 e. The summed E-state index contributed by atoms with van der Waals surface area (Å²) in [7, 11) is 0. The number of piperidine rings is 1. The maximum absolute atomic E-state index is 11.9. The Morgan fingerprint density at radius 2 is 2.04 bits per heavy atom. The van der Waals surface area contributed by atoms with Gasteiger partial charge in [-0.15, -0.1) is 0 Å². The van der Waals surface area contributed by atoms with Crippen molar-refractivity contribution in [2.75, 3.05) is 19.6 Å². The van der Waals surface area contributed by atoms with Crippen molar-refractivity contribution in [3.8, 4) is 0 Å². The molecule has 3 heterocycles. The van der Waals surface area contributed by atoms with Crippen molar-refractivity contribution in [3.63, 3.8) is 0 Å². The van der Waals surface area contributed by atoms with Gasteiger partial charge in [0.15, 0.2) is 0 Å². The molecule has 3 rings (SSSR count). The highest BCUT2D eigenvalue weighted by atomic mass is 16.3. The molecule has 1 saturated heterocycles. The Hall–Kier alpha value is -2.25. The van der Waals surface area contributed by atoms with E-state index in [1.165, 1.54) is 10.6 Å². The highest BCUT2D eigenvalue weighted by molar-refractivity contribution is 5.08. The Morgan fingerprint density at radius 3 is 2.68 bits per heavy atom. The monoisotopic (exact) mass is 344 g/mol. The number of aliphatic hydroxyl groups is 1. The van der Waals surface area contributed by atoms with Crippen molar-refractivity contribution in [2.24, 2.45) is 5.92 Å². The second-order valence-electron chi connectivity index (χ2n) is 6.63. The van der Waals surface area contributed by atoms with Gasteiger partial charge in [0.25, 0.3) is 5.56 Å². The molecule has 1 aliphatic rings. The van der Waals surface area contributed by atoms with Gasteiger partial charge in [-0.25, -0.2) is 4.79 Å². The van der Waals surface area contributed by atoms with Crippen LogP contribution < -0.4 is 11.2 Å². The summed E-state index contributed by atoms with van der Waals surface area (Å²) in [5.41, 5.74) is 0.682. The standard InChI is InChI=1S/C18H24N4O3/c1-13-12-16(23)22(18(25)20-13)11-10-21-8-5-14(6-9-21)17(24)15-4-2-3-7-19-15/h2-4,7,12,14,17,24H,5-6,8-11H2,1H3,(H,20,25)/t17-/m0/s1. The summed E-state index contributed by atoms with van der Waals surface area (Å²) >= 11 is 0. The Labute approximate surface area is 146 Å². The third-order valence-electron chi connectivity index (χ3n) is 4.86. The molecule has 1 atom stereocenters.